The first-order chi connectivity index (χ1) is 7.08. The van der Waals surface area contributed by atoms with Crippen molar-refractivity contribution in [3.8, 4) is 0 Å². The molecular weight excluding hydrogens is 210 g/mol. The van der Waals surface area contributed by atoms with Crippen molar-refractivity contribution >= 4 is 11.8 Å². The molecule has 0 aliphatic carbocycles. The van der Waals surface area contributed by atoms with Crippen LogP contribution in [0.2, 0.25) is 0 Å². The van der Waals surface area contributed by atoms with Gasteiger partial charge in [-0.05, 0) is 6.92 Å². The molecule has 1 aromatic heterocycles. The fraction of sp³-hybridized carbons (Fsp3) is 0.600. The van der Waals surface area contributed by atoms with E-state index in [1.807, 2.05) is 6.92 Å². The quantitative estimate of drug-likeness (QED) is 0.450. The second kappa shape index (κ2) is 5.92. The molecule has 15 heavy (non-hydrogen) atoms. The number of aromatic amines is 1. The number of aryl methyl sites for hydroxylation is 1. The van der Waals surface area contributed by atoms with Gasteiger partial charge in [0.15, 0.2) is 5.16 Å². The van der Waals surface area contributed by atoms with E-state index >= 15 is 0 Å². The monoisotopic (exact) mass is 227 g/mol. The van der Waals surface area contributed by atoms with E-state index in [-0.39, 0.29) is 5.56 Å². The van der Waals surface area contributed by atoms with Crippen molar-refractivity contribution in [1.82, 2.24) is 15.3 Å². The molecule has 84 valence electrons. The molecule has 0 aliphatic heterocycles. The van der Waals surface area contributed by atoms with Crippen molar-refractivity contribution in [2.75, 3.05) is 12.3 Å². The second-order valence-corrected chi connectivity index (χ2v) is 4.73. The Balaban J connectivity index is 2.40. The number of thioether (sulfide) groups is 1. The van der Waals surface area contributed by atoms with Gasteiger partial charge in [0.1, 0.15) is 0 Å². The lowest BCUT2D eigenvalue weighted by atomic mass is 10.4. The first kappa shape index (κ1) is 12.3. The summed E-state index contributed by atoms with van der Waals surface area (Å²) in [5.41, 5.74) is 0.680. The van der Waals surface area contributed by atoms with Crippen LogP contribution in [0.3, 0.4) is 0 Å². The van der Waals surface area contributed by atoms with E-state index in [2.05, 4.69) is 29.1 Å². The van der Waals surface area contributed by atoms with Gasteiger partial charge in [-0.2, -0.15) is 0 Å². The van der Waals surface area contributed by atoms with Crippen molar-refractivity contribution < 1.29 is 0 Å². The van der Waals surface area contributed by atoms with Crippen molar-refractivity contribution in [3.05, 3.63) is 22.1 Å². The minimum atomic E-state index is -0.0816. The molecule has 0 amide bonds. The molecular formula is C10H17N3OS. The Hall–Kier alpha value is -0.810. The number of hydrogen-bond acceptors (Lipinski definition) is 4. The maximum absolute atomic E-state index is 11.1. The average Bonchev–Trinajstić information content (AvgIpc) is 2.10. The third-order valence-corrected chi connectivity index (χ3v) is 2.62. The Morgan fingerprint density at radius 1 is 1.60 bits per heavy atom. The predicted molar refractivity (Wildman–Crippen MR) is 63.5 cm³/mol. The van der Waals surface area contributed by atoms with Gasteiger partial charge in [-0.1, -0.05) is 25.6 Å². The van der Waals surface area contributed by atoms with Crippen LogP contribution in [0.4, 0.5) is 0 Å². The van der Waals surface area contributed by atoms with Gasteiger partial charge in [0.2, 0.25) is 0 Å². The van der Waals surface area contributed by atoms with Crippen LogP contribution in [-0.2, 0) is 0 Å². The summed E-state index contributed by atoms with van der Waals surface area (Å²) in [6, 6.07) is 1.99. The largest absolute Gasteiger partial charge is 0.314 e. The number of H-pyrrole nitrogens is 1. The summed E-state index contributed by atoms with van der Waals surface area (Å²) in [5.74, 6) is 0.907. The summed E-state index contributed by atoms with van der Waals surface area (Å²) in [7, 11) is 0. The van der Waals surface area contributed by atoms with Crippen molar-refractivity contribution in [1.29, 1.82) is 0 Å². The van der Waals surface area contributed by atoms with Crippen LogP contribution < -0.4 is 10.9 Å². The van der Waals surface area contributed by atoms with Crippen LogP contribution in [0.15, 0.2) is 16.0 Å². The summed E-state index contributed by atoms with van der Waals surface area (Å²) < 4.78 is 0. The lowest BCUT2D eigenvalue weighted by Gasteiger charge is -2.06. The zero-order valence-corrected chi connectivity index (χ0v) is 10.1. The molecule has 4 nitrogen and oxygen atoms in total. The molecule has 2 N–H and O–H groups in total. The van der Waals surface area contributed by atoms with Crippen LogP contribution in [-0.4, -0.2) is 28.3 Å². The minimum absolute atomic E-state index is 0.0816. The zero-order chi connectivity index (χ0) is 11.3. The van der Waals surface area contributed by atoms with E-state index in [1.54, 1.807) is 11.8 Å². The Kier molecular flexibility index (Phi) is 4.84. The Morgan fingerprint density at radius 3 is 2.93 bits per heavy atom. The van der Waals surface area contributed by atoms with E-state index in [0.29, 0.717) is 11.2 Å². The highest BCUT2D eigenvalue weighted by Gasteiger charge is 1.99. The maximum Gasteiger partial charge on any atom is 0.251 e. The van der Waals surface area contributed by atoms with Gasteiger partial charge in [-0.25, -0.2) is 4.98 Å². The number of rotatable bonds is 5. The molecule has 0 unspecified atom stereocenters. The van der Waals surface area contributed by atoms with E-state index < -0.39 is 0 Å². The van der Waals surface area contributed by atoms with Gasteiger partial charge in [0.25, 0.3) is 5.56 Å². The standard InChI is InChI=1S/C10H17N3OS/c1-7(2)11-4-5-15-10-12-8(3)6-9(14)13-10/h6-7,11H,4-5H2,1-3H3,(H,12,13,14). The van der Waals surface area contributed by atoms with E-state index in [9.17, 15) is 4.79 Å². The summed E-state index contributed by atoms with van der Waals surface area (Å²) in [4.78, 5) is 18.1. The molecule has 0 radical (unpaired) electrons. The van der Waals surface area contributed by atoms with Gasteiger partial charge in [0, 0.05) is 30.1 Å². The molecule has 5 heteroatoms. The third kappa shape index (κ3) is 4.99. The average molecular weight is 227 g/mol. The topological polar surface area (TPSA) is 57.8 Å². The van der Waals surface area contributed by atoms with Crippen molar-refractivity contribution in [2.45, 2.75) is 32.0 Å². The van der Waals surface area contributed by atoms with Gasteiger partial charge in [-0.15, -0.1) is 0 Å². The first-order valence-corrected chi connectivity index (χ1v) is 6.00. The summed E-state index contributed by atoms with van der Waals surface area (Å²) in [6.07, 6.45) is 0. The van der Waals surface area contributed by atoms with Crippen LogP contribution >= 0.6 is 11.8 Å². The Labute approximate surface area is 93.9 Å². The third-order valence-electron chi connectivity index (χ3n) is 1.74. The van der Waals surface area contributed by atoms with Crippen LogP contribution in [0.1, 0.15) is 19.5 Å². The van der Waals surface area contributed by atoms with E-state index in [4.69, 9.17) is 0 Å². The van der Waals surface area contributed by atoms with Gasteiger partial charge >= 0.3 is 0 Å². The molecule has 0 atom stereocenters. The van der Waals surface area contributed by atoms with Crippen molar-refractivity contribution in [3.63, 3.8) is 0 Å². The predicted octanol–water partition coefficient (Wildman–Crippen LogP) is 1.17. The lowest BCUT2D eigenvalue weighted by Crippen LogP contribution is -2.25. The number of nitrogens with zero attached hydrogens (tertiary/aromatic N) is 1. The van der Waals surface area contributed by atoms with Crippen LogP contribution in [0.25, 0.3) is 0 Å². The second-order valence-electron chi connectivity index (χ2n) is 3.65. The molecule has 0 saturated carbocycles. The lowest BCUT2D eigenvalue weighted by molar-refractivity contribution is 0.615. The van der Waals surface area contributed by atoms with Gasteiger partial charge < -0.3 is 10.3 Å². The molecule has 0 bridgehead atoms. The highest BCUT2D eigenvalue weighted by molar-refractivity contribution is 7.99. The molecule has 0 aliphatic rings. The van der Waals surface area contributed by atoms with Crippen LogP contribution in [0, 0.1) is 6.92 Å². The maximum atomic E-state index is 11.1. The normalized spacial score (nSPS) is 10.9. The summed E-state index contributed by atoms with van der Waals surface area (Å²) in [6.45, 7) is 6.96. The molecule has 0 spiro atoms. The number of aromatic nitrogens is 2. The van der Waals surface area contributed by atoms with Gasteiger partial charge in [-0.3, -0.25) is 4.79 Å². The summed E-state index contributed by atoms with van der Waals surface area (Å²) in [5, 5.41) is 4.00. The fourth-order valence-corrected chi connectivity index (χ4v) is 1.91. The molecule has 0 aromatic carbocycles. The molecule has 1 aromatic rings. The molecule has 1 heterocycles. The first-order valence-electron chi connectivity index (χ1n) is 5.02. The highest BCUT2D eigenvalue weighted by Crippen LogP contribution is 2.09. The fourth-order valence-electron chi connectivity index (χ4n) is 1.12. The van der Waals surface area contributed by atoms with E-state index in [0.717, 1.165) is 18.0 Å². The smallest absolute Gasteiger partial charge is 0.251 e. The Morgan fingerprint density at radius 2 is 2.33 bits per heavy atom. The molecule has 1 rings (SSSR count). The van der Waals surface area contributed by atoms with Crippen molar-refractivity contribution in [2.24, 2.45) is 0 Å². The SMILES string of the molecule is Cc1cc(=O)[nH]c(SCCNC(C)C)n1. The van der Waals surface area contributed by atoms with Gasteiger partial charge in [0.05, 0.1) is 0 Å². The number of hydrogen-bond donors (Lipinski definition) is 2. The summed E-state index contributed by atoms with van der Waals surface area (Å²) >= 11 is 1.56. The number of nitrogens with one attached hydrogen (secondary N) is 2. The minimum Gasteiger partial charge on any atom is -0.314 e. The molecule has 0 saturated heterocycles. The van der Waals surface area contributed by atoms with Crippen LogP contribution in [0.5, 0.6) is 0 Å². The Bertz CT molecular complexity index is 362. The van der Waals surface area contributed by atoms with E-state index in [1.165, 1.54) is 6.07 Å². The highest BCUT2D eigenvalue weighted by atomic mass is 32.2. The molecule has 0 fully saturated rings. The zero-order valence-electron chi connectivity index (χ0n) is 9.33.